The molecular weight excluding hydrogens is 879 g/mol. The van der Waals surface area contributed by atoms with Crippen LogP contribution in [-0.4, -0.2) is 0 Å². The Balaban J connectivity index is 1.02. The summed E-state index contributed by atoms with van der Waals surface area (Å²) in [5, 5.41) is 0. The Labute approximate surface area is 418 Å². The molecular formula is C68H43NOS. The monoisotopic (exact) mass is 921 g/mol. The van der Waals surface area contributed by atoms with E-state index in [0.717, 1.165) is 50.8 Å². The first kappa shape index (κ1) is 40.3. The van der Waals surface area contributed by atoms with Crippen LogP contribution in [0.2, 0.25) is 0 Å². The average Bonchev–Trinajstić information content (AvgIpc) is 3.90. The summed E-state index contributed by atoms with van der Waals surface area (Å²) in [7, 11) is 0. The maximum absolute atomic E-state index is 6.79. The van der Waals surface area contributed by atoms with Crippen molar-refractivity contribution in [3.8, 4) is 56.0 Å². The number of fused-ring (bicyclic) bond motifs is 18. The third-order valence-electron chi connectivity index (χ3n) is 15.6. The third kappa shape index (κ3) is 5.55. The third-order valence-corrected chi connectivity index (χ3v) is 16.8. The van der Waals surface area contributed by atoms with Crippen LogP contribution >= 0.6 is 11.8 Å². The Morgan fingerprint density at radius 1 is 0.296 bits per heavy atom. The van der Waals surface area contributed by atoms with Crippen LogP contribution in [0.25, 0.3) is 44.5 Å². The van der Waals surface area contributed by atoms with E-state index in [1.807, 2.05) is 11.8 Å². The fraction of sp³-hybridized carbons (Fsp3) is 0.0294. The van der Waals surface area contributed by atoms with E-state index >= 15 is 0 Å². The molecule has 0 fully saturated rings. The number of hydrogen-bond acceptors (Lipinski definition) is 3. The molecule has 11 aromatic rings. The Morgan fingerprint density at radius 3 is 1.39 bits per heavy atom. The predicted molar refractivity (Wildman–Crippen MR) is 291 cm³/mol. The minimum Gasteiger partial charge on any atom is -0.457 e. The highest BCUT2D eigenvalue weighted by Gasteiger charge is 2.53. The zero-order valence-corrected chi connectivity index (χ0v) is 39.4. The summed E-state index contributed by atoms with van der Waals surface area (Å²) in [4.78, 5) is 5.07. The molecule has 2 spiro atoms. The number of benzene rings is 11. The van der Waals surface area contributed by atoms with Crippen molar-refractivity contribution in [2.45, 2.75) is 20.6 Å². The van der Waals surface area contributed by atoms with E-state index in [-0.39, 0.29) is 0 Å². The molecule has 0 aromatic heterocycles. The Morgan fingerprint density at radius 2 is 0.746 bits per heavy atom. The molecule has 0 saturated heterocycles. The molecule has 11 aromatic carbocycles. The lowest BCUT2D eigenvalue weighted by Gasteiger charge is -2.42. The molecule has 2 aliphatic heterocycles. The summed E-state index contributed by atoms with van der Waals surface area (Å²) in [5.41, 5.74) is 22.0. The van der Waals surface area contributed by atoms with Crippen LogP contribution in [0.3, 0.4) is 0 Å². The van der Waals surface area contributed by atoms with Gasteiger partial charge in [-0.2, -0.15) is 0 Å². The van der Waals surface area contributed by atoms with E-state index in [9.17, 15) is 0 Å². The van der Waals surface area contributed by atoms with E-state index in [1.165, 1.54) is 76.6 Å². The lowest BCUT2D eigenvalue weighted by atomic mass is 9.66. The van der Waals surface area contributed by atoms with Crippen LogP contribution in [0.15, 0.2) is 271 Å². The molecule has 0 unspecified atom stereocenters. The Hall–Kier alpha value is -8.63. The van der Waals surface area contributed by atoms with Crippen LogP contribution in [0.5, 0.6) is 11.5 Å². The molecule has 71 heavy (non-hydrogen) atoms. The molecule has 0 radical (unpaired) electrons. The average molecular weight is 922 g/mol. The van der Waals surface area contributed by atoms with Crippen molar-refractivity contribution in [3.63, 3.8) is 0 Å². The van der Waals surface area contributed by atoms with Crippen LogP contribution in [0.4, 0.5) is 17.1 Å². The number of hydrogen-bond donors (Lipinski definition) is 0. The Bertz CT molecular complexity index is 3870. The van der Waals surface area contributed by atoms with E-state index in [1.54, 1.807) is 0 Å². The largest absolute Gasteiger partial charge is 0.457 e. The minimum absolute atomic E-state index is 0.530. The van der Waals surface area contributed by atoms with E-state index in [4.69, 9.17) is 4.74 Å². The van der Waals surface area contributed by atoms with Gasteiger partial charge in [0, 0.05) is 32.2 Å². The quantitative estimate of drug-likeness (QED) is 0.171. The summed E-state index contributed by atoms with van der Waals surface area (Å²) >= 11 is 1.90. The molecule has 0 N–H and O–H groups in total. The molecule has 15 rings (SSSR count). The second kappa shape index (κ2) is 15.4. The maximum atomic E-state index is 6.79. The zero-order chi connectivity index (χ0) is 46.7. The normalized spacial score (nSPS) is 14.2. The van der Waals surface area contributed by atoms with Crippen molar-refractivity contribution in [2.75, 3.05) is 4.90 Å². The van der Waals surface area contributed by atoms with Gasteiger partial charge in [-0.05, 0) is 115 Å². The van der Waals surface area contributed by atoms with Gasteiger partial charge in [0.2, 0.25) is 0 Å². The number of para-hydroxylation sites is 3. The molecule has 2 aliphatic carbocycles. The van der Waals surface area contributed by atoms with Gasteiger partial charge in [0.05, 0.1) is 22.2 Å². The number of ether oxygens (including phenoxy) is 1. The summed E-state index contributed by atoms with van der Waals surface area (Å²) < 4.78 is 6.79. The van der Waals surface area contributed by atoms with Gasteiger partial charge in [-0.15, -0.1) is 0 Å². The summed E-state index contributed by atoms with van der Waals surface area (Å²) in [5.74, 6) is 1.77. The first-order valence-corrected chi connectivity index (χ1v) is 25.3. The second-order valence-electron chi connectivity index (χ2n) is 19.0. The fourth-order valence-corrected chi connectivity index (χ4v) is 14.1. The van der Waals surface area contributed by atoms with Crippen molar-refractivity contribution in [1.29, 1.82) is 0 Å². The van der Waals surface area contributed by atoms with Gasteiger partial charge in [0.1, 0.15) is 11.5 Å². The smallest absolute Gasteiger partial charge is 0.132 e. The molecule has 2 heterocycles. The Kier molecular flexibility index (Phi) is 8.76. The number of rotatable bonds is 5. The maximum Gasteiger partial charge on any atom is 0.132 e. The standard InChI is InChI=1S/C68H43NOS/c1-2-19-44(20-3-1)45-37-39-46(40-38-45)48-21-7-14-32-61(48)69(47-41-42-52-51-24-6-10-27-55(51)68(60(52)43-47)56-28-11-15-34-63(56)70-64-35-16-12-29-57(64)68)62-33-18-31-59-66(62)71-65-36-17-13-30-58(65)67(59)53-25-8-4-22-49(53)50-23-5-9-26-54(50)67/h1-43H. The van der Waals surface area contributed by atoms with Crippen LogP contribution in [0.1, 0.15) is 44.5 Å². The lowest BCUT2D eigenvalue weighted by molar-refractivity contribution is 0.436. The molecule has 4 aliphatic rings. The van der Waals surface area contributed by atoms with Crippen LogP contribution in [-0.2, 0) is 10.8 Å². The fourth-order valence-electron chi connectivity index (χ4n) is 12.8. The summed E-state index contributed by atoms with van der Waals surface area (Å²) in [6.07, 6.45) is 0. The predicted octanol–water partition coefficient (Wildman–Crippen LogP) is 17.8. The number of nitrogens with zero attached hydrogens (tertiary/aromatic N) is 1. The van der Waals surface area contributed by atoms with E-state index in [2.05, 4.69) is 266 Å². The van der Waals surface area contributed by atoms with E-state index < -0.39 is 10.8 Å². The molecule has 0 saturated carbocycles. The number of anilines is 3. The second-order valence-corrected chi connectivity index (χ2v) is 20.1. The van der Waals surface area contributed by atoms with Crippen molar-refractivity contribution < 1.29 is 4.74 Å². The van der Waals surface area contributed by atoms with Gasteiger partial charge in [0.25, 0.3) is 0 Å². The highest BCUT2D eigenvalue weighted by Crippen LogP contribution is 2.66. The van der Waals surface area contributed by atoms with E-state index in [0.29, 0.717) is 0 Å². The van der Waals surface area contributed by atoms with Crippen molar-refractivity contribution in [1.82, 2.24) is 0 Å². The summed E-state index contributed by atoms with van der Waals surface area (Å²) in [6.45, 7) is 0. The van der Waals surface area contributed by atoms with Crippen molar-refractivity contribution in [2.24, 2.45) is 0 Å². The lowest BCUT2D eigenvalue weighted by Crippen LogP contribution is -2.33. The van der Waals surface area contributed by atoms with Crippen molar-refractivity contribution >= 4 is 28.8 Å². The first-order valence-electron chi connectivity index (χ1n) is 24.5. The van der Waals surface area contributed by atoms with Gasteiger partial charge in [-0.25, -0.2) is 0 Å². The van der Waals surface area contributed by atoms with Gasteiger partial charge >= 0.3 is 0 Å². The SMILES string of the molecule is c1ccc(-c2ccc(-c3ccccc3N(c3ccc4c(c3)C3(c5ccccc5Oc5ccccc53)c3ccccc3-4)c3cccc4c3Sc3ccccc3C43c4ccccc4-c4ccccc43)cc2)cc1. The molecule has 0 bridgehead atoms. The minimum atomic E-state index is -0.628. The highest BCUT2D eigenvalue weighted by atomic mass is 32.2. The van der Waals surface area contributed by atoms with Crippen molar-refractivity contribution in [3.05, 3.63) is 305 Å². The van der Waals surface area contributed by atoms with Gasteiger partial charge in [0.15, 0.2) is 0 Å². The molecule has 3 heteroatoms. The molecule has 332 valence electrons. The van der Waals surface area contributed by atoms with Gasteiger partial charge < -0.3 is 9.64 Å². The van der Waals surface area contributed by atoms with Crippen LogP contribution in [0, 0.1) is 0 Å². The summed E-state index contributed by atoms with van der Waals surface area (Å²) in [6, 6.07) is 96.6. The van der Waals surface area contributed by atoms with Gasteiger partial charge in [-0.3, -0.25) is 0 Å². The molecule has 0 atom stereocenters. The van der Waals surface area contributed by atoms with Gasteiger partial charge in [-0.1, -0.05) is 230 Å². The molecule has 0 amide bonds. The molecule has 2 nitrogen and oxygen atoms in total. The highest BCUT2D eigenvalue weighted by molar-refractivity contribution is 7.99. The van der Waals surface area contributed by atoms with Crippen LogP contribution < -0.4 is 9.64 Å². The zero-order valence-electron chi connectivity index (χ0n) is 38.6. The first-order chi connectivity index (χ1) is 35.2. The topological polar surface area (TPSA) is 12.5 Å².